The monoisotopic (exact) mass is 231 g/mol. The Morgan fingerprint density at radius 3 is 3.18 bits per heavy atom. The predicted molar refractivity (Wildman–Crippen MR) is 65.5 cm³/mol. The standard InChI is InChI=1S/C12H17N5/c1-2-7-17-10-3-4-13-8-9(10)11(16-17)12-14-5-6-15-12/h5-6,13H,2-4,7-8H2,1H3,(H,14,15). The molecule has 2 N–H and O–H groups in total. The van der Waals surface area contributed by atoms with Crippen LogP contribution in [-0.2, 0) is 19.5 Å². The van der Waals surface area contributed by atoms with Gasteiger partial charge in [0.25, 0.3) is 0 Å². The molecule has 3 heterocycles. The molecule has 3 rings (SSSR count). The van der Waals surface area contributed by atoms with Crippen LogP contribution in [-0.4, -0.2) is 26.3 Å². The van der Waals surface area contributed by atoms with Gasteiger partial charge in [0.15, 0.2) is 5.82 Å². The molecule has 0 spiro atoms. The molecule has 1 aliphatic rings. The van der Waals surface area contributed by atoms with Gasteiger partial charge >= 0.3 is 0 Å². The Morgan fingerprint density at radius 2 is 2.41 bits per heavy atom. The van der Waals surface area contributed by atoms with Crippen molar-refractivity contribution in [2.75, 3.05) is 6.54 Å². The summed E-state index contributed by atoms with van der Waals surface area (Å²) in [5.74, 6) is 0.875. The highest BCUT2D eigenvalue weighted by Crippen LogP contribution is 2.25. The maximum atomic E-state index is 4.71. The molecule has 0 saturated heterocycles. The zero-order valence-electron chi connectivity index (χ0n) is 10.0. The highest BCUT2D eigenvalue weighted by atomic mass is 15.3. The average Bonchev–Trinajstić information content (AvgIpc) is 2.97. The van der Waals surface area contributed by atoms with Crippen molar-refractivity contribution in [2.45, 2.75) is 32.9 Å². The molecule has 5 nitrogen and oxygen atoms in total. The van der Waals surface area contributed by atoms with Gasteiger partial charge < -0.3 is 10.3 Å². The van der Waals surface area contributed by atoms with Gasteiger partial charge in [0, 0.05) is 49.7 Å². The molecule has 2 aromatic rings. The summed E-state index contributed by atoms with van der Waals surface area (Å²) in [5.41, 5.74) is 3.68. The molecule has 0 bridgehead atoms. The SMILES string of the molecule is CCCn1nc(-c2ncc[nH]2)c2c1CCNC2. The van der Waals surface area contributed by atoms with E-state index in [9.17, 15) is 0 Å². The maximum Gasteiger partial charge on any atom is 0.158 e. The van der Waals surface area contributed by atoms with E-state index in [1.165, 1.54) is 11.3 Å². The molecular weight excluding hydrogens is 214 g/mol. The second-order valence-corrected chi connectivity index (χ2v) is 4.36. The van der Waals surface area contributed by atoms with Crippen molar-refractivity contribution in [3.05, 3.63) is 23.7 Å². The normalized spacial score (nSPS) is 14.9. The molecule has 0 aromatic carbocycles. The lowest BCUT2D eigenvalue weighted by atomic mass is 10.1. The Kier molecular flexibility index (Phi) is 2.68. The number of nitrogens with zero attached hydrogens (tertiary/aromatic N) is 3. The van der Waals surface area contributed by atoms with Crippen LogP contribution in [0.2, 0.25) is 0 Å². The summed E-state index contributed by atoms with van der Waals surface area (Å²) in [6.07, 6.45) is 5.79. The van der Waals surface area contributed by atoms with Crippen LogP contribution in [0.25, 0.3) is 11.5 Å². The Morgan fingerprint density at radius 1 is 1.47 bits per heavy atom. The van der Waals surface area contributed by atoms with Crippen LogP contribution in [0.3, 0.4) is 0 Å². The number of fused-ring (bicyclic) bond motifs is 1. The fourth-order valence-electron chi connectivity index (χ4n) is 2.40. The Bertz CT molecular complexity index is 497. The lowest BCUT2D eigenvalue weighted by Crippen LogP contribution is -2.25. The number of nitrogens with one attached hydrogen (secondary N) is 2. The first-order chi connectivity index (χ1) is 8.40. The molecule has 0 unspecified atom stereocenters. The summed E-state index contributed by atoms with van der Waals surface area (Å²) >= 11 is 0. The predicted octanol–water partition coefficient (Wildman–Crippen LogP) is 1.33. The van der Waals surface area contributed by atoms with E-state index in [1.807, 2.05) is 6.20 Å². The number of rotatable bonds is 3. The summed E-state index contributed by atoms with van der Waals surface area (Å²) in [6.45, 7) is 5.11. The van der Waals surface area contributed by atoms with Crippen LogP contribution in [0.1, 0.15) is 24.6 Å². The number of hydrogen-bond acceptors (Lipinski definition) is 3. The summed E-state index contributed by atoms with van der Waals surface area (Å²) in [5, 5.41) is 8.11. The minimum Gasteiger partial charge on any atom is -0.343 e. The van der Waals surface area contributed by atoms with Gasteiger partial charge in [0.1, 0.15) is 5.69 Å². The van der Waals surface area contributed by atoms with Crippen LogP contribution in [0.5, 0.6) is 0 Å². The smallest absolute Gasteiger partial charge is 0.158 e. The number of aryl methyl sites for hydroxylation is 1. The topological polar surface area (TPSA) is 58.5 Å². The minimum absolute atomic E-state index is 0.875. The molecule has 0 fully saturated rings. The van der Waals surface area contributed by atoms with Gasteiger partial charge in [-0.1, -0.05) is 6.92 Å². The van der Waals surface area contributed by atoms with Gasteiger partial charge in [-0.3, -0.25) is 4.68 Å². The minimum atomic E-state index is 0.875. The molecule has 0 aliphatic carbocycles. The number of hydrogen-bond donors (Lipinski definition) is 2. The van der Waals surface area contributed by atoms with Crippen molar-refractivity contribution in [3.8, 4) is 11.5 Å². The molecular formula is C12H17N5. The zero-order valence-corrected chi connectivity index (χ0v) is 10.0. The van der Waals surface area contributed by atoms with Crippen molar-refractivity contribution in [3.63, 3.8) is 0 Å². The van der Waals surface area contributed by atoms with Crippen molar-refractivity contribution in [2.24, 2.45) is 0 Å². The lowest BCUT2D eigenvalue weighted by Gasteiger charge is -2.15. The molecule has 0 amide bonds. The van der Waals surface area contributed by atoms with Crippen molar-refractivity contribution in [1.82, 2.24) is 25.1 Å². The third-order valence-corrected chi connectivity index (χ3v) is 3.16. The van der Waals surface area contributed by atoms with Gasteiger partial charge in [-0.2, -0.15) is 5.10 Å². The average molecular weight is 231 g/mol. The van der Waals surface area contributed by atoms with E-state index in [1.54, 1.807) is 6.20 Å². The van der Waals surface area contributed by atoms with Gasteiger partial charge in [-0.15, -0.1) is 0 Å². The molecule has 90 valence electrons. The van der Waals surface area contributed by atoms with E-state index in [0.29, 0.717) is 0 Å². The summed E-state index contributed by atoms with van der Waals surface area (Å²) in [7, 11) is 0. The maximum absolute atomic E-state index is 4.71. The fraction of sp³-hybridized carbons (Fsp3) is 0.500. The number of aromatic nitrogens is 4. The molecule has 0 radical (unpaired) electrons. The van der Waals surface area contributed by atoms with E-state index < -0.39 is 0 Å². The summed E-state index contributed by atoms with van der Waals surface area (Å²) in [4.78, 5) is 7.45. The van der Waals surface area contributed by atoms with E-state index in [-0.39, 0.29) is 0 Å². The first-order valence-electron chi connectivity index (χ1n) is 6.19. The lowest BCUT2D eigenvalue weighted by molar-refractivity contribution is 0.544. The molecule has 17 heavy (non-hydrogen) atoms. The molecule has 1 aliphatic heterocycles. The van der Waals surface area contributed by atoms with Crippen LogP contribution in [0.15, 0.2) is 12.4 Å². The third kappa shape index (κ3) is 1.76. The molecule has 0 atom stereocenters. The largest absolute Gasteiger partial charge is 0.343 e. The Labute approximate surface area is 100 Å². The van der Waals surface area contributed by atoms with E-state index >= 15 is 0 Å². The fourth-order valence-corrected chi connectivity index (χ4v) is 2.40. The quantitative estimate of drug-likeness (QED) is 0.837. The Balaban J connectivity index is 2.09. The van der Waals surface area contributed by atoms with Gasteiger partial charge in [-0.25, -0.2) is 4.98 Å². The van der Waals surface area contributed by atoms with Crippen molar-refractivity contribution >= 4 is 0 Å². The highest BCUT2D eigenvalue weighted by molar-refractivity contribution is 5.56. The first kappa shape index (κ1) is 10.5. The number of aromatic amines is 1. The molecule has 2 aromatic heterocycles. The van der Waals surface area contributed by atoms with Crippen LogP contribution < -0.4 is 5.32 Å². The van der Waals surface area contributed by atoms with Gasteiger partial charge in [0.2, 0.25) is 0 Å². The van der Waals surface area contributed by atoms with E-state index in [4.69, 9.17) is 5.10 Å². The van der Waals surface area contributed by atoms with Crippen LogP contribution in [0.4, 0.5) is 0 Å². The highest BCUT2D eigenvalue weighted by Gasteiger charge is 2.22. The Hall–Kier alpha value is -1.62. The number of imidazole rings is 1. The van der Waals surface area contributed by atoms with E-state index in [2.05, 4.69) is 26.9 Å². The van der Waals surface area contributed by atoms with Crippen LogP contribution >= 0.6 is 0 Å². The van der Waals surface area contributed by atoms with Crippen molar-refractivity contribution in [1.29, 1.82) is 0 Å². The van der Waals surface area contributed by atoms with Crippen molar-refractivity contribution < 1.29 is 0 Å². The second-order valence-electron chi connectivity index (χ2n) is 4.36. The van der Waals surface area contributed by atoms with Gasteiger partial charge in [-0.05, 0) is 6.42 Å². The summed E-state index contributed by atoms with van der Waals surface area (Å²) in [6, 6.07) is 0. The van der Waals surface area contributed by atoms with E-state index in [0.717, 1.165) is 44.0 Å². The zero-order chi connectivity index (χ0) is 11.7. The first-order valence-corrected chi connectivity index (χ1v) is 6.19. The molecule has 0 saturated carbocycles. The summed E-state index contributed by atoms with van der Waals surface area (Å²) < 4.78 is 2.15. The second kappa shape index (κ2) is 4.33. The van der Waals surface area contributed by atoms with Crippen LogP contribution in [0, 0.1) is 0 Å². The molecule has 5 heteroatoms. The number of H-pyrrole nitrogens is 1. The third-order valence-electron chi connectivity index (χ3n) is 3.16. The van der Waals surface area contributed by atoms with Gasteiger partial charge in [0.05, 0.1) is 0 Å².